The molecule has 5 nitrogen and oxygen atoms in total. The first-order valence-corrected chi connectivity index (χ1v) is 9.94. The van der Waals surface area contributed by atoms with Gasteiger partial charge in [-0.3, -0.25) is 4.79 Å². The smallest absolute Gasteiger partial charge is 0.326 e. The molecular weight excluding hydrogens is 378 g/mol. The highest BCUT2D eigenvalue weighted by atomic mass is 16.5. The van der Waals surface area contributed by atoms with Crippen molar-refractivity contribution in [1.29, 1.82) is 0 Å². The van der Waals surface area contributed by atoms with Crippen molar-refractivity contribution in [2.75, 3.05) is 7.11 Å². The van der Waals surface area contributed by atoms with E-state index in [1.165, 1.54) is 4.90 Å². The summed E-state index contributed by atoms with van der Waals surface area (Å²) >= 11 is 0. The average Bonchev–Trinajstić information content (AvgIpc) is 3.25. The van der Waals surface area contributed by atoms with E-state index < -0.39 is 12.0 Å². The van der Waals surface area contributed by atoms with Gasteiger partial charge >= 0.3 is 5.97 Å². The SMILES string of the molecule is COc1ccccc1-c1ccc(C(=O)N2[C@@H](c3ccccc3)CC[C@H]2C(=O)O)cc1. The Morgan fingerprint density at radius 1 is 0.900 bits per heavy atom. The Balaban J connectivity index is 1.65. The molecule has 0 aromatic heterocycles. The molecule has 2 atom stereocenters. The van der Waals surface area contributed by atoms with Crippen LogP contribution in [0.25, 0.3) is 11.1 Å². The molecule has 0 saturated carbocycles. The van der Waals surface area contributed by atoms with Crippen molar-refractivity contribution in [1.82, 2.24) is 4.90 Å². The molecule has 3 aromatic rings. The van der Waals surface area contributed by atoms with E-state index in [0.717, 1.165) is 22.4 Å². The fourth-order valence-corrected chi connectivity index (χ4v) is 4.16. The summed E-state index contributed by atoms with van der Waals surface area (Å²) in [7, 11) is 1.62. The van der Waals surface area contributed by atoms with Crippen molar-refractivity contribution in [2.24, 2.45) is 0 Å². The van der Waals surface area contributed by atoms with Gasteiger partial charge in [0.05, 0.1) is 13.2 Å². The molecule has 4 rings (SSSR count). The van der Waals surface area contributed by atoms with Gasteiger partial charge in [-0.15, -0.1) is 0 Å². The molecule has 3 aromatic carbocycles. The summed E-state index contributed by atoms with van der Waals surface area (Å²) in [5, 5.41) is 9.69. The zero-order valence-electron chi connectivity index (χ0n) is 16.7. The Morgan fingerprint density at radius 2 is 1.57 bits per heavy atom. The number of likely N-dealkylation sites (tertiary alicyclic amines) is 1. The van der Waals surface area contributed by atoms with Crippen LogP contribution in [-0.2, 0) is 4.79 Å². The van der Waals surface area contributed by atoms with Gasteiger partial charge in [-0.05, 0) is 42.2 Å². The third kappa shape index (κ3) is 3.66. The Morgan fingerprint density at radius 3 is 2.23 bits per heavy atom. The Labute approximate surface area is 175 Å². The summed E-state index contributed by atoms with van der Waals surface area (Å²) in [6.45, 7) is 0. The molecule has 0 spiro atoms. The van der Waals surface area contributed by atoms with E-state index >= 15 is 0 Å². The topological polar surface area (TPSA) is 66.8 Å². The first-order chi connectivity index (χ1) is 14.6. The molecule has 1 amide bonds. The lowest BCUT2D eigenvalue weighted by Crippen LogP contribution is -2.41. The number of para-hydroxylation sites is 1. The first kappa shape index (κ1) is 19.7. The van der Waals surface area contributed by atoms with Crippen LogP contribution in [0, 0.1) is 0 Å². The van der Waals surface area contributed by atoms with Crippen LogP contribution in [0.2, 0.25) is 0 Å². The maximum absolute atomic E-state index is 13.4. The number of carbonyl (C=O) groups is 2. The molecule has 1 heterocycles. The highest BCUT2D eigenvalue weighted by molar-refractivity contribution is 5.97. The third-order valence-corrected chi connectivity index (χ3v) is 5.64. The number of benzene rings is 3. The minimum absolute atomic E-state index is 0.242. The van der Waals surface area contributed by atoms with E-state index in [0.29, 0.717) is 18.4 Å². The predicted octanol–water partition coefficient (Wildman–Crippen LogP) is 4.79. The van der Waals surface area contributed by atoms with Crippen LogP contribution < -0.4 is 4.74 Å². The lowest BCUT2D eigenvalue weighted by atomic mass is 10.0. The zero-order chi connectivity index (χ0) is 21.1. The first-order valence-electron chi connectivity index (χ1n) is 9.94. The molecule has 5 heteroatoms. The zero-order valence-corrected chi connectivity index (χ0v) is 16.7. The number of carboxylic acids is 1. The molecule has 0 radical (unpaired) electrons. The quantitative estimate of drug-likeness (QED) is 0.667. The monoisotopic (exact) mass is 401 g/mol. The van der Waals surface area contributed by atoms with Crippen LogP contribution >= 0.6 is 0 Å². The van der Waals surface area contributed by atoms with Gasteiger partial charge < -0.3 is 14.7 Å². The lowest BCUT2D eigenvalue weighted by Gasteiger charge is -2.29. The van der Waals surface area contributed by atoms with Crippen LogP contribution in [-0.4, -0.2) is 35.0 Å². The second-order valence-electron chi connectivity index (χ2n) is 7.35. The second-order valence-corrected chi connectivity index (χ2v) is 7.35. The number of hydrogen-bond acceptors (Lipinski definition) is 3. The summed E-state index contributed by atoms with van der Waals surface area (Å²) in [5.74, 6) is -0.473. The molecule has 1 fully saturated rings. The number of methoxy groups -OCH3 is 1. The normalized spacial score (nSPS) is 18.2. The van der Waals surface area contributed by atoms with Crippen LogP contribution in [0.1, 0.15) is 34.8 Å². The predicted molar refractivity (Wildman–Crippen MR) is 114 cm³/mol. The van der Waals surface area contributed by atoms with Gasteiger partial charge in [0.15, 0.2) is 0 Å². The van der Waals surface area contributed by atoms with Crippen molar-refractivity contribution in [2.45, 2.75) is 24.9 Å². The minimum atomic E-state index is -0.965. The Bertz CT molecular complexity index is 1050. The fourth-order valence-electron chi connectivity index (χ4n) is 4.16. The van der Waals surface area contributed by atoms with E-state index in [1.54, 1.807) is 19.2 Å². The lowest BCUT2D eigenvalue weighted by molar-refractivity contribution is -0.141. The molecule has 30 heavy (non-hydrogen) atoms. The molecule has 0 aliphatic carbocycles. The van der Waals surface area contributed by atoms with Crippen LogP contribution in [0.15, 0.2) is 78.9 Å². The van der Waals surface area contributed by atoms with E-state index in [2.05, 4.69) is 0 Å². The van der Waals surface area contributed by atoms with Gasteiger partial charge in [-0.25, -0.2) is 4.79 Å². The summed E-state index contributed by atoms with van der Waals surface area (Å²) in [6, 6.07) is 23.5. The largest absolute Gasteiger partial charge is 0.496 e. The van der Waals surface area contributed by atoms with Crippen molar-refractivity contribution in [3.05, 3.63) is 90.0 Å². The van der Waals surface area contributed by atoms with Crippen molar-refractivity contribution in [3.8, 4) is 16.9 Å². The van der Waals surface area contributed by atoms with Crippen LogP contribution in [0.5, 0.6) is 5.75 Å². The highest BCUT2D eigenvalue weighted by Gasteiger charge is 2.41. The van der Waals surface area contributed by atoms with Gasteiger partial charge in [-0.2, -0.15) is 0 Å². The average molecular weight is 401 g/mol. The van der Waals surface area contributed by atoms with Gasteiger partial charge in [0, 0.05) is 11.1 Å². The number of carbonyl (C=O) groups excluding carboxylic acids is 1. The molecule has 0 unspecified atom stereocenters. The van der Waals surface area contributed by atoms with Crippen LogP contribution in [0.4, 0.5) is 0 Å². The highest BCUT2D eigenvalue weighted by Crippen LogP contribution is 2.38. The molecule has 0 bridgehead atoms. The maximum atomic E-state index is 13.4. The minimum Gasteiger partial charge on any atom is -0.496 e. The fraction of sp³-hybridized carbons (Fsp3) is 0.200. The molecule has 152 valence electrons. The molecular formula is C25H23NO4. The van der Waals surface area contributed by atoms with Gasteiger partial charge in [0.2, 0.25) is 0 Å². The van der Waals surface area contributed by atoms with Crippen molar-refractivity contribution in [3.63, 3.8) is 0 Å². The molecule has 1 aliphatic heterocycles. The summed E-state index contributed by atoms with van der Waals surface area (Å²) in [5.41, 5.74) is 3.30. The van der Waals surface area contributed by atoms with E-state index in [9.17, 15) is 14.7 Å². The molecule has 1 N–H and O–H groups in total. The Hall–Kier alpha value is -3.60. The van der Waals surface area contributed by atoms with Gasteiger partial charge in [0.1, 0.15) is 11.8 Å². The standard InChI is InChI=1S/C25H23NO4/c1-30-23-10-6-5-9-20(23)17-11-13-19(14-12-17)24(27)26-21(15-16-22(26)25(28)29)18-7-3-2-4-8-18/h2-14,21-22H,15-16H2,1H3,(H,28,29)/t21-,22+/m1/s1. The Kier molecular flexibility index (Phi) is 5.53. The number of nitrogens with zero attached hydrogens (tertiary/aromatic N) is 1. The number of hydrogen-bond donors (Lipinski definition) is 1. The maximum Gasteiger partial charge on any atom is 0.326 e. The van der Waals surface area contributed by atoms with E-state index in [-0.39, 0.29) is 11.9 Å². The summed E-state index contributed by atoms with van der Waals surface area (Å²) < 4.78 is 5.42. The van der Waals surface area contributed by atoms with Gasteiger partial charge in [0.25, 0.3) is 5.91 Å². The number of aliphatic carboxylic acids is 1. The number of amides is 1. The number of rotatable bonds is 5. The third-order valence-electron chi connectivity index (χ3n) is 5.64. The van der Waals surface area contributed by atoms with Crippen molar-refractivity contribution < 1.29 is 19.4 Å². The number of ether oxygens (including phenoxy) is 1. The van der Waals surface area contributed by atoms with Gasteiger partial charge in [-0.1, -0.05) is 60.7 Å². The second kappa shape index (κ2) is 8.41. The molecule has 1 saturated heterocycles. The number of carboxylic acid groups (broad SMARTS) is 1. The van der Waals surface area contributed by atoms with E-state index in [4.69, 9.17) is 4.74 Å². The summed E-state index contributed by atoms with van der Waals surface area (Å²) in [4.78, 5) is 26.7. The van der Waals surface area contributed by atoms with Crippen molar-refractivity contribution >= 4 is 11.9 Å². The molecule has 1 aliphatic rings. The van der Waals surface area contributed by atoms with Crippen LogP contribution in [0.3, 0.4) is 0 Å². The van der Waals surface area contributed by atoms with E-state index in [1.807, 2.05) is 66.7 Å². The summed E-state index contributed by atoms with van der Waals surface area (Å²) in [6.07, 6.45) is 1.08.